The molecule has 0 bridgehead atoms. The van der Waals surface area contributed by atoms with E-state index in [0.717, 1.165) is 37.5 Å². The molecule has 7 heteroatoms. The molecule has 0 spiro atoms. The second-order valence-corrected chi connectivity index (χ2v) is 5.41. The van der Waals surface area contributed by atoms with E-state index in [0.29, 0.717) is 11.9 Å². The number of nitro benzene ring substituents is 1. The highest BCUT2D eigenvalue weighted by atomic mass is 79.9. The van der Waals surface area contributed by atoms with Crippen molar-refractivity contribution in [3.8, 4) is 0 Å². The molecule has 0 N–H and O–H groups in total. The smallest absolute Gasteiger partial charge is 0.273 e. The van der Waals surface area contributed by atoms with Crippen molar-refractivity contribution in [1.82, 2.24) is 4.90 Å². The molecule has 20 heavy (non-hydrogen) atoms. The highest BCUT2D eigenvalue weighted by molar-refractivity contribution is 9.09. The van der Waals surface area contributed by atoms with Crippen LogP contribution in [0, 0.1) is 15.9 Å². The number of carbonyl (C=O) groups is 1. The maximum Gasteiger partial charge on any atom is 0.273 e. The molecule has 1 aromatic carbocycles. The summed E-state index contributed by atoms with van der Waals surface area (Å²) < 4.78 is 13.4. The lowest BCUT2D eigenvalue weighted by Crippen LogP contribution is -2.44. The number of nitrogens with zero attached hydrogens (tertiary/aromatic N) is 2. The lowest BCUT2D eigenvalue weighted by atomic mass is 10.0. The van der Waals surface area contributed by atoms with Gasteiger partial charge in [0, 0.05) is 29.5 Å². The summed E-state index contributed by atoms with van der Waals surface area (Å²) in [6.07, 6.45) is 2.82. The van der Waals surface area contributed by atoms with Crippen LogP contribution in [-0.4, -0.2) is 33.6 Å². The van der Waals surface area contributed by atoms with Gasteiger partial charge in [0.1, 0.15) is 5.82 Å². The molecule has 1 fully saturated rings. The fourth-order valence-electron chi connectivity index (χ4n) is 2.40. The van der Waals surface area contributed by atoms with E-state index >= 15 is 0 Å². The van der Waals surface area contributed by atoms with Crippen LogP contribution >= 0.6 is 15.9 Å². The molecule has 108 valence electrons. The third-order valence-corrected chi connectivity index (χ3v) is 4.15. The van der Waals surface area contributed by atoms with Gasteiger partial charge in [0.25, 0.3) is 11.6 Å². The van der Waals surface area contributed by atoms with E-state index in [9.17, 15) is 19.3 Å². The molecule has 2 rings (SSSR count). The lowest BCUT2D eigenvalue weighted by Gasteiger charge is -2.34. The Labute approximate surface area is 124 Å². The number of hydrogen-bond acceptors (Lipinski definition) is 3. The molecular weight excluding hydrogens is 331 g/mol. The van der Waals surface area contributed by atoms with Gasteiger partial charge in [-0.15, -0.1) is 0 Å². The predicted octanol–water partition coefficient (Wildman–Crippen LogP) is 3.12. The summed E-state index contributed by atoms with van der Waals surface area (Å²) in [7, 11) is 0. The van der Waals surface area contributed by atoms with E-state index in [2.05, 4.69) is 15.9 Å². The van der Waals surface area contributed by atoms with Gasteiger partial charge in [-0.05, 0) is 25.3 Å². The molecule has 0 aromatic heterocycles. The fourth-order valence-corrected chi connectivity index (χ4v) is 3.07. The number of nitro groups is 1. The maximum absolute atomic E-state index is 13.4. The number of alkyl halides is 1. The van der Waals surface area contributed by atoms with Crippen molar-refractivity contribution in [1.29, 1.82) is 0 Å². The van der Waals surface area contributed by atoms with Crippen LogP contribution in [0.3, 0.4) is 0 Å². The number of likely N-dealkylation sites (tertiary alicyclic amines) is 1. The standard InChI is InChI=1S/C13H14BrFN2O3/c14-8-11-3-1-2-4-16(11)13(18)9-5-10(15)7-12(6-9)17(19)20/h5-7,11H,1-4,8H2. The van der Waals surface area contributed by atoms with Crippen LogP contribution in [0.15, 0.2) is 18.2 Å². The van der Waals surface area contributed by atoms with Crippen LogP contribution < -0.4 is 0 Å². The van der Waals surface area contributed by atoms with Crippen LogP contribution in [0.1, 0.15) is 29.6 Å². The first-order valence-electron chi connectivity index (χ1n) is 6.35. The van der Waals surface area contributed by atoms with E-state index < -0.39 is 16.4 Å². The molecule has 1 aromatic rings. The van der Waals surface area contributed by atoms with Crippen molar-refractivity contribution in [2.45, 2.75) is 25.3 Å². The summed E-state index contributed by atoms with van der Waals surface area (Å²) in [5.74, 6) is -1.12. The molecule has 1 saturated heterocycles. The van der Waals surface area contributed by atoms with Crippen molar-refractivity contribution in [3.05, 3.63) is 39.7 Å². The van der Waals surface area contributed by atoms with Crippen LogP contribution in [0.5, 0.6) is 0 Å². The number of rotatable bonds is 3. The molecule has 1 amide bonds. The van der Waals surface area contributed by atoms with E-state index in [1.165, 1.54) is 0 Å². The largest absolute Gasteiger partial charge is 0.335 e. The average Bonchev–Trinajstić information content (AvgIpc) is 2.45. The average molecular weight is 345 g/mol. The van der Waals surface area contributed by atoms with Crippen LogP contribution in [0.25, 0.3) is 0 Å². The third-order valence-electron chi connectivity index (χ3n) is 3.41. The molecule has 1 aliphatic heterocycles. The van der Waals surface area contributed by atoms with Crippen molar-refractivity contribution in [2.24, 2.45) is 0 Å². The minimum Gasteiger partial charge on any atom is -0.335 e. The first kappa shape index (κ1) is 14.9. The molecule has 1 unspecified atom stereocenters. The Morgan fingerprint density at radius 1 is 1.45 bits per heavy atom. The van der Waals surface area contributed by atoms with E-state index in [-0.39, 0.29) is 17.5 Å². The number of non-ortho nitro benzene ring substituents is 1. The van der Waals surface area contributed by atoms with Gasteiger partial charge in [-0.3, -0.25) is 14.9 Å². The van der Waals surface area contributed by atoms with Crippen molar-refractivity contribution >= 4 is 27.5 Å². The van der Waals surface area contributed by atoms with E-state index in [1.807, 2.05) is 0 Å². The Kier molecular flexibility index (Phi) is 4.69. The number of hydrogen-bond donors (Lipinski definition) is 0. The molecule has 5 nitrogen and oxygen atoms in total. The topological polar surface area (TPSA) is 63.4 Å². The zero-order valence-electron chi connectivity index (χ0n) is 10.7. The molecule has 1 heterocycles. The second kappa shape index (κ2) is 6.30. The van der Waals surface area contributed by atoms with Crippen molar-refractivity contribution in [3.63, 3.8) is 0 Å². The highest BCUT2D eigenvalue weighted by Gasteiger charge is 2.27. The number of benzene rings is 1. The molecule has 1 atom stereocenters. The first-order chi connectivity index (χ1) is 9.52. The molecule has 0 aliphatic carbocycles. The van der Waals surface area contributed by atoms with Crippen LogP contribution in [-0.2, 0) is 0 Å². The molecule has 0 saturated carbocycles. The maximum atomic E-state index is 13.4. The van der Waals surface area contributed by atoms with Gasteiger partial charge in [-0.25, -0.2) is 4.39 Å². The summed E-state index contributed by atoms with van der Waals surface area (Å²) in [5, 5.41) is 11.4. The SMILES string of the molecule is O=C(c1cc(F)cc([N+](=O)[O-])c1)N1CCCCC1CBr. The molecular formula is C13H14BrFN2O3. The zero-order chi connectivity index (χ0) is 14.7. The summed E-state index contributed by atoms with van der Waals surface area (Å²) in [6, 6.07) is 3.05. The Morgan fingerprint density at radius 3 is 2.85 bits per heavy atom. The second-order valence-electron chi connectivity index (χ2n) is 4.76. The number of carbonyl (C=O) groups excluding carboxylic acids is 1. The molecule has 1 aliphatic rings. The Hall–Kier alpha value is -1.50. The summed E-state index contributed by atoms with van der Waals surface area (Å²) in [5.41, 5.74) is -0.370. The number of piperidine rings is 1. The van der Waals surface area contributed by atoms with Crippen molar-refractivity contribution < 1.29 is 14.1 Å². The summed E-state index contributed by atoms with van der Waals surface area (Å²) >= 11 is 3.37. The third kappa shape index (κ3) is 3.15. The van der Waals surface area contributed by atoms with Gasteiger partial charge in [-0.1, -0.05) is 15.9 Å². The highest BCUT2D eigenvalue weighted by Crippen LogP contribution is 2.23. The minimum absolute atomic E-state index is 0.0320. The van der Waals surface area contributed by atoms with Gasteiger partial charge in [0.15, 0.2) is 0 Å². The van der Waals surface area contributed by atoms with Gasteiger partial charge >= 0.3 is 0 Å². The van der Waals surface area contributed by atoms with Crippen LogP contribution in [0.4, 0.5) is 10.1 Å². The van der Waals surface area contributed by atoms with Gasteiger partial charge in [-0.2, -0.15) is 0 Å². The summed E-state index contributed by atoms with van der Waals surface area (Å²) in [4.78, 5) is 24.1. The predicted molar refractivity (Wildman–Crippen MR) is 75.5 cm³/mol. The minimum atomic E-state index is -0.769. The Bertz CT molecular complexity index is 538. The van der Waals surface area contributed by atoms with Gasteiger partial charge in [0.05, 0.1) is 11.0 Å². The summed E-state index contributed by atoms with van der Waals surface area (Å²) in [6.45, 7) is 0.597. The fraction of sp³-hybridized carbons (Fsp3) is 0.462. The van der Waals surface area contributed by atoms with Gasteiger partial charge < -0.3 is 4.90 Å². The monoisotopic (exact) mass is 344 g/mol. The first-order valence-corrected chi connectivity index (χ1v) is 7.47. The van der Waals surface area contributed by atoms with E-state index in [4.69, 9.17) is 0 Å². The number of amides is 1. The normalized spacial score (nSPS) is 18.9. The molecule has 0 radical (unpaired) electrons. The lowest BCUT2D eigenvalue weighted by molar-refractivity contribution is -0.385. The van der Waals surface area contributed by atoms with Crippen LogP contribution in [0.2, 0.25) is 0 Å². The quantitative estimate of drug-likeness (QED) is 0.480. The number of halogens is 2. The van der Waals surface area contributed by atoms with E-state index in [1.54, 1.807) is 4.90 Å². The Balaban J connectivity index is 2.30. The Morgan fingerprint density at radius 2 is 2.20 bits per heavy atom. The zero-order valence-corrected chi connectivity index (χ0v) is 12.3. The van der Waals surface area contributed by atoms with Gasteiger partial charge in [0.2, 0.25) is 0 Å². The van der Waals surface area contributed by atoms with Crippen molar-refractivity contribution in [2.75, 3.05) is 11.9 Å².